The number of nitrogens with zero attached hydrogens (tertiary/aromatic N) is 1. The van der Waals surface area contributed by atoms with Gasteiger partial charge in [-0.15, -0.1) is 0 Å². The first-order chi connectivity index (χ1) is 10.5. The van der Waals surface area contributed by atoms with Crippen LogP contribution in [0.5, 0.6) is 5.75 Å². The van der Waals surface area contributed by atoms with E-state index in [4.69, 9.17) is 4.74 Å². The summed E-state index contributed by atoms with van der Waals surface area (Å²) in [7, 11) is 2.07. The minimum Gasteiger partial charge on any atom is -0.493 e. The number of aryl methyl sites for hydroxylation is 2. The third-order valence-corrected chi connectivity index (χ3v) is 4.91. The summed E-state index contributed by atoms with van der Waals surface area (Å²) >= 11 is 0. The lowest BCUT2D eigenvalue weighted by Crippen LogP contribution is -2.43. The highest BCUT2D eigenvalue weighted by molar-refractivity contribution is 5.46. The van der Waals surface area contributed by atoms with Crippen molar-refractivity contribution in [2.45, 2.75) is 44.8 Å². The van der Waals surface area contributed by atoms with Gasteiger partial charge in [-0.1, -0.05) is 17.7 Å². The van der Waals surface area contributed by atoms with E-state index in [1.54, 1.807) is 0 Å². The van der Waals surface area contributed by atoms with Crippen molar-refractivity contribution in [3.05, 3.63) is 28.8 Å². The maximum atomic E-state index is 10.7. The van der Waals surface area contributed by atoms with Gasteiger partial charge in [-0.25, -0.2) is 0 Å². The molecule has 0 amide bonds. The van der Waals surface area contributed by atoms with Gasteiger partial charge in [0, 0.05) is 31.2 Å². The fraction of sp³-hybridized carbons (Fsp3) is 0.667. The molecule has 2 aliphatic rings. The molecule has 0 radical (unpaired) electrons. The molecule has 2 heterocycles. The van der Waals surface area contributed by atoms with Crippen molar-refractivity contribution in [2.75, 3.05) is 33.3 Å². The normalized spacial score (nSPS) is 29.0. The molecule has 2 atom stereocenters. The number of fused-ring (bicyclic) bond motifs is 1. The van der Waals surface area contributed by atoms with Crippen LogP contribution in [0.1, 0.15) is 42.0 Å². The second kappa shape index (κ2) is 6.19. The van der Waals surface area contributed by atoms with E-state index in [2.05, 4.69) is 43.2 Å². The SMILES string of the molecule is Cc1cc(C)c2c(c1)[C@@H](NC[C@]1(O)CCN(C)C1)CCCO2. The Morgan fingerprint density at radius 1 is 1.41 bits per heavy atom. The van der Waals surface area contributed by atoms with Gasteiger partial charge in [0.15, 0.2) is 0 Å². The van der Waals surface area contributed by atoms with Crippen LogP contribution in [0.4, 0.5) is 0 Å². The van der Waals surface area contributed by atoms with E-state index in [1.807, 2.05) is 0 Å². The Bertz CT molecular complexity index is 546. The predicted molar refractivity (Wildman–Crippen MR) is 88.5 cm³/mol. The Morgan fingerprint density at radius 2 is 2.23 bits per heavy atom. The van der Waals surface area contributed by atoms with Crippen LogP contribution in [0.25, 0.3) is 0 Å². The van der Waals surface area contributed by atoms with Gasteiger partial charge in [0.25, 0.3) is 0 Å². The van der Waals surface area contributed by atoms with Crippen LogP contribution in [0.15, 0.2) is 12.1 Å². The van der Waals surface area contributed by atoms with Crippen molar-refractivity contribution in [2.24, 2.45) is 0 Å². The number of hydrogen-bond donors (Lipinski definition) is 2. The highest BCUT2D eigenvalue weighted by Crippen LogP contribution is 2.35. The number of aliphatic hydroxyl groups is 1. The van der Waals surface area contributed by atoms with Crippen molar-refractivity contribution in [1.82, 2.24) is 10.2 Å². The van der Waals surface area contributed by atoms with Crippen LogP contribution in [0.2, 0.25) is 0 Å². The summed E-state index contributed by atoms with van der Waals surface area (Å²) in [4.78, 5) is 2.19. The molecule has 0 aliphatic carbocycles. The van der Waals surface area contributed by atoms with Gasteiger partial charge in [-0.2, -0.15) is 0 Å². The molecule has 4 nitrogen and oxygen atoms in total. The summed E-state index contributed by atoms with van der Waals surface area (Å²) in [5.74, 6) is 1.04. The van der Waals surface area contributed by atoms with Gasteiger partial charge in [0.2, 0.25) is 0 Å². The fourth-order valence-corrected chi connectivity index (χ4v) is 3.79. The van der Waals surface area contributed by atoms with Crippen molar-refractivity contribution < 1.29 is 9.84 Å². The summed E-state index contributed by atoms with van der Waals surface area (Å²) < 4.78 is 5.97. The summed E-state index contributed by atoms with van der Waals surface area (Å²) in [5.41, 5.74) is 3.14. The van der Waals surface area contributed by atoms with Crippen LogP contribution in [0.3, 0.4) is 0 Å². The van der Waals surface area contributed by atoms with Crippen molar-refractivity contribution in [3.63, 3.8) is 0 Å². The molecule has 2 aliphatic heterocycles. The van der Waals surface area contributed by atoms with Crippen LogP contribution >= 0.6 is 0 Å². The first-order valence-electron chi connectivity index (χ1n) is 8.35. The summed E-state index contributed by atoms with van der Waals surface area (Å²) in [5, 5.41) is 14.3. The number of likely N-dealkylation sites (tertiary alicyclic amines) is 1. The molecule has 0 aromatic heterocycles. The van der Waals surface area contributed by atoms with E-state index in [0.29, 0.717) is 6.54 Å². The number of hydrogen-bond acceptors (Lipinski definition) is 4. The maximum Gasteiger partial charge on any atom is 0.126 e. The van der Waals surface area contributed by atoms with Crippen LogP contribution < -0.4 is 10.1 Å². The van der Waals surface area contributed by atoms with Gasteiger partial charge in [0.05, 0.1) is 12.2 Å². The van der Waals surface area contributed by atoms with E-state index >= 15 is 0 Å². The summed E-state index contributed by atoms with van der Waals surface area (Å²) in [6, 6.07) is 4.68. The Hall–Kier alpha value is -1.10. The molecule has 0 spiro atoms. The number of benzene rings is 1. The molecule has 1 aromatic rings. The minimum atomic E-state index is -0.596. The fourth-order valence-electron chi connectivity index (χ4n) is 3.79. The van der Waals surface area contributed by atoms with Crippen molar-refractivity contribution in [1.29, 1.82) is 0 Å². The molecular weight excluding hydrogens is 276 g/mol. The lowest BCUT2D eigenvalue weighted by atomic mass is 9.96. The van der Waals surface area contributed by atoms with Gasteiger partial charge in [0.1, 0.15) is 5.75 Å². The zero-order valence-electron chi connectivity index (χ0n) is 14.0. The zero-order chi connectivity index (χ0) is 15.7. The van der Waals surface area contributed by atoms with Crippen LogP contribution in [-0.4, -0.2) is 48.9 Å². The average Bonchev–Trinajstić information content (AvgIpc) is 2.68. The topological polar surface area (TPSA) is 44.7 Å². The van der Waals surface area contributed by atoms with E-state index in [9.17, 15) is 5.11 Å². The monoisotopic (exact) mass is 304 g/mol. The van der Waals surface area contributed by atoms with E-state index < -0.39 is 5.60 Å². The zero-order valence-corrected chi connectivity index (χ0v) is 14.0. The Balaban J connectivity index is 1.77. The molecule has 1 fully saturated rings. The molecule has 0 saturated carbocycles. The quantitative estimate of drug-likeness (QED) is 0.898. The average molecular weight is 304 g/mol. The van der Waals surface area contributed by atoms with E-state index in [0.717, 1.165) is 44.7 Å². The number of nitrogens with one attached hydrogen (secondary N) is 1. The number of likely N-dealkylation sites (N-methyl/N-ethyl adjacent to an activating group) is 1. The summed E-state index contributed by atoms with van der Waals surface area (Å²) in [6.45, 7) is 7.41. The van der Waals surface area contributed by atoms with Gasteiger partial charge in [-0.05, 0) is 45.7 Å². The molecular formula is C18H28N2O2. The number of ether oxygens (including phenoxy) is 1. The molecule has 122 valence electrons. The molecule has 3 rings (SSSR count). The van der Waals surface area contributed by atoms with Gasteiger partial charge >= 0.3 is 0 Å². The Morgan fingerprint density at radius 3 is 2.95 bits per heavy atom. The van der Waals surface area contributed by atoms with Gasteiger partial charge < -0.3 is 20.1 Å². The smallest absolute Gasteiger partial charge is 0.126 e. The minimum absolute atomic E-state index is 0.269. The molecule has 0 bridgehead atoms. The first kappa shape index (κ1) is 15.8. The second-order valence-corrected chi connectivity index (χ2v) is 7.14. The Kier molecular flexibility index (Phi) is 4.44. The largest absolute Gasteiger partial charge is 0.493 e. The summed E-state index contributed by atoms with van der Waals surface area (Å²) in [6.07, 6.45) is 2.95. The lowest BCUT2D eigenvalue weighted by Gasteiger charge is -2.27. The molecule has 0 unspecified atom stereocenters. The van der Waals surface area contributed by atoms with Crippen molar-refractivity contribution >= 4 is 0 Å². The maximum absolute atomic E-state index is 10.7. The predicted octanol–water partition coefficient (Wildman–Crippen LogP) is 2.17. The number of rotatable bonds is 3. The van der Waals surface area contributed by atoms with Crippen LogP contribution in [0, 0.1) is 13.8 Å². The third-order valence-electron chi connectivity index (χ3n) is 4.91. The molecule has 2 N–H and O–H groups in total. The molecule has 22 heavy (non-hydrogen) atoms. The molecule has 1 aromatic carbocycles. The van der Waals surface area contributed by atoms with E-state index in [1.165, 1.54) is 16.7 Å². The van der Waals surface area contributed by atoms with Crippen LogP contribution in [-0.2, 0) is 0 Å². The first-order valence-corrected chi connectivity index (χ1v) is 8.35. The third kappa shape index (κ3) is 3.29. The molecule has 1 saturated heterocycles. The highest BCUT2D eigenvalue weighted by atomic mass is 16.5. The second-order valence-electron chi connectivity index (χ2n) is 7.14. The standard InChI is InChI=1S/C18H28N2O2/c1-13-9-14(2)17-15(10-13)16(5-4-8-22-17)19-11-18(21)6-7-20(3)12-18/h9-10,16,19,21H,4-8,11-12H2,1-3H3/t16-,18+/m0/s1. The molecule has 4 heteroatoms. The number of β-amino-alcohol motifs (C(OH)–C–C–N with tert-alkyl or cyclic N) is 1. The Labute approximate surface area is 133 Å². The van der Waals surface area contributed by atoms with E-state index in [-0.39, 0.29) is 6.04 Å². The van der Waals surface area contributed by atoms with Gasteiger partial charge in [-0.3, -0.25) is 0 Å². The lowest BCUT2D eigenvalue weighted by molar-refractivity contribution is 0.0486. The van der Waals surface area contributed by atoms with Crippen molar-refractivity contribution in [3.8, 4) is 5.75 Å². The highest BCUT2D eigenvalue weighted by Gasteiger charge is 2.35.